The van der Waals surface area contributed by atoms with Crippen LogP contribution in [0.5, 0.6) is 5.75 Å². The van der Waals surface area contributed by atoms with Crippen LogP contribution >= 0.6 is 11.8 Å². The molecule has 5 nitrogen and oxygen atoms in total. The zero-order chi connectivity index (χ0) is 15.2. The second-order valence-corrected chi connectivity index (χ2v) is 5.31. The number of benzene rings is 1. The van der Waals surface area contributed by atoms with Crippen LogP contribution in [0.3, 0.4) is 0 Å². The molecule has 0 aliphatic rings. The van der Waals surface area contributed by atoms with Gasteiger partial charge in [-0.2, -0.15) is 0 Å². The Morgan fingerprint density at radius 2 is 2.10 bits per heavy atom. The normalized spacial score (nSPS) is 10.4. The lowest BCUT2D eigenvalue weighted by atomic mass is 10.1. The van der Waals surface area contributed by atoms with E-state index in [0.29, 0.717) is 28.8 Å². The van der Waals surface area contributed by atoms with Crippen molar-refractivity contribution in [3.8, 4) is 5.75 Å². The van der Waals surface area contributed by atoms with Gasteiger partial charge in [0.2, 0.25) is 0 Å². The van der Waals surface area contributed by atoms with Crippen molar-refractivity contribution in [2.24, 2.45) is 0 Å². The molecule has 1 aromatic carbocycles. The predicted molar refractivity (Wildman–Crippen MR) is 83.6 cm³/mol. The van der Waals surface area contributed by atoms with Gasteiger partial charge in [-0.25, -0.2) is 9.97 Å². The summed E-state index contributed by atoms with van der Waals surface area (Å²) in [7, 11) is 0. The Morgan fingerprint density at radius 3 is 2.76 bits per heavy atom. The molecular formula is C15H17N3O2S. The fourth-order valence-electron chi connectivity index (χ4n) is 1.80. The maximum atomic E-state index is 11.5. The SMILES string of the molecule is CCOc1ccc(C(C)=O)cc1CSc1nccnc1N. The number of nitrogens with zero attached hydrogens (tertiary/aromatic N) is 2. The first-order chi connectivity index (χ1) is 10.1. The molecule has 0 saturated carbocycles. The molecule has 21 heavy (non-hydrogen) atoms. The maximum Gasteiger partial charge on any atom is 0.159 e. The zero-order valence-electron chi connectivity index (χ0n) is 12.0. The third kappa shape index (κ3) is 3.95. The maximum absolute atomic E-state index is 11.5. The molecule has 0 aliphatic heterocycles. The number of aromatic nitrogens is 2. The van der Waals surface area contributed by atoms with E-state index in [-0.39, 0.29) is 5.78 Å². The predicted octanol–water partition coefficient (Wildman–Crippen LogP) is 2.95. The molecule has 2 rings (SSSR count). The van der Waals surface area contributed by atoms with Crippen molar-refractivity contribution >= 4 is 23.4 Å². The minimum atomic E-state index is 0.0308. The summed E-state index contributed by atoms with van der Waals surface area (Å²) >= 11 is 1.47. The van der Waals surface area contributed by atoms with Gasteiger partial charge in [-0.05, 0) is 32.0 Å². The van der Waals surface area contributed by atoms with Crippen LogP contribution in [0.4, 0.5) is 5.82 Å². The Labute approximate surface area is 127 Å². The number of hydrogen-bond donors (Lipinski definition) is 1. The van der Waals surface area contributed by atoms with E-state index in [9.17, 15) is 4.79 Å². The Bertz CT molecular complexity index is 647. The molecule has 0 spiro atoms. The van der Waals surface area contributed by atoms with Crippen molar-refractivity contribution in [3.63, 3.8) is 0 Å². The van der Waals surface area contributed by atoms with E-state index < -0.39 is 0 Å². The summed E-state index contributed by atoms with van der Waals surface area (Å²) < 4.78 is 5.60. The summed E-state index contributed by atoms with van der Waals surface area (Å²) in [5.74, 6) is 1.82. The summed E-state index contributed by atoms with van der Waals surface area (Å²) in [4.78, 5) is 19.7. The minimum Gasteiger partial charge on any atom is -0.494 e. The summed E-state index contributed by atoms with van der Waals surface area (Å²) in [6.45, 7) is 4.05. The highest BCUT2D eigenvalue weighted by Gasteiger charge is 2.10. The molecule has 0 bridgehead atoms. The van der Waals surface area contributed by atoms with Crippen LogP contribution in [0.15, 0.2) is 35.6 Å². The minimum absolute atomic E-state index is 0.0308. The lowest BCUT2D eigenvalue weighted by molar-refractivity contribution is 0.101. The summed E-state index contributed by atoms with van der Waals surface area (Å²) in [5, 5.41) is 0.674. The number of ketones is 1. The Hall–Kier alpha value is -2.08. The van der Waals surface area contributed by atoms with Gasteiger partial charge in [-0.15, -0.1) is 0 Å². The zero-order valence-corrected chi connectivity index (χ0v) is 12.8. The number of ether oxygens (including phenoxy) is 1. The van der Waals surface area contributed by atoms with Crippen LogP contribution in [-0.4, -0.2) is 22.4 Å². The highest BCUT2D eigenvalue weighted by molar-refractivity contribution is 7.98. The van der Waals surface area contributed by atoms with Crippen LogP contribution in [-0.2, 0) is 5.75 Å². The third-order valence-corrected chi connectivity index (χ3v) is 3.87. The second-order valence-electron chi connectivity index (χ2n) is 4.35. The molecule has 0 amide bonds. The van der Waals surface area contributed by atoms with E-state index in [1.165, 1.54) is 11.8 Å². The summed E-state index contributed by atoms with van der Waals surface area (Å²) in [6, 6.07) is 5.46. The monoisotopic (exact) mass is 303 g/mol. The van der Waals surface area contributed by atoms with Gasteiger partial charge in [0.25, 0.3) is 0 Å². The number of Topliss-reactive ketones (excluding diaryl/α,β-unsaturated/α-hetero) is 1. The molecule has 6 heteroatoms. The van der Waals surface area contributed by atoms with E-state index >= 15 is 0 Å². The standard InChI is InChI=1S/C15H17N3O2S/c1-3-20-13-5-4-11(10(2)19)8-12(13)9-21-15-14(16)17-6-7-18-15/h4-8H,3,9H2,1-2H3,(H2,16,17). The van der Waals surface area contributed by atoms with Crippen LogP contribution in [0.25, 0.3) is 0 Å². The number of nitrogens with two attached hydrogens (primary N) is 1. The van der Waals surface area contributed by atoms with Crippen molar-refractivity contribution in [2.75, 3.05) is 12.3 Å². The molecule has 110 valence electrons. The van der Waals surface area contributed by atoms with Crippen molar-refractivity contribution in [1.82, 2.24) is 9.97 Å². The Morgan fingerprint density at radius 1 is 1.33 bits per heavy atom. The molecule has 0 aliphatic carbocycles. The first-order valence-electron chi connectivity index (χ1n) is 6.57. The van der Waals surface area contributed by atoms with E-state index in [4.69, 9.17) is 10.5 Å². The third-order valence-electron chi connectivity index (χ3n) is 2.82. The van der Waals surface area contributed by atoms with Crippen molar-refractivity contribution in [1.29, 1.82) is 0 Å². The van der Waals surface area contributed by atoms with Crippen molar-refractivity contribution in [3.05, 3.63) is 41.7 Å². The van der Waals surface area contributed by atoms with Crippen LogP contribution in [0, 0.1) is 0 Å². The highest BCUT2D eigenvalue weighted by atomic mass is 32.2. The topological polar surface area (TPSA) is 78.1 Å². The first kappa shape index (κ1) is 15.3. The summed E-state index contributed by atoms with van der Waals surface area (Å²) in [5.41, 5.74) is 7.39. The number of carbonyl (C=O) groups excluding carboxylic acids is 1. The number of hydrogen-bond acceptors (Lipinski definition) is 6. The van der Waals surface area contributed by atoms with E-state index in [2.05, 4.69) is 9.97 Å². The molecular weight excluding hydrogens is 286 g/mol. The van der Waals surface area contributed by atoms with Gasteiger partial charge in [-0.3, -0.25) is 4.79 Å². The van der Waals surface area contributed by atoms with Gasteiger partial charge in [0.15, 0.2) is 11.6 Å². The van der Waals surface area contributed by atoms with Gasteiger partial charge in [-0.1, -0.05) is 11.8 Å². The van der Waals surface area contributed by atoms with Crippen LogP contribution in [0.2, 0.25) is 0 Å². The molecule has 0 fully saturated rings. The molecule has 1 heterocycles. The van der Waals surface area contributed by atoms with E-state index in [1.54, 1.807) is 25.4 Å². The quantitative estimate of drug-likeness (QED) is 0.653. The molecule has 2 aromatic rings. The Balaban J connectivity index is 2.22. The Kier molecular flexibility index (Phi) is 5.16. The second kappa shape index (κ2) is 7.08. The fraction of sp³-hybridized carbons (Fsp3) is 0.267. The lowest BCUT2D eigenvalue weighted by Crippen LogP contribution is -2.00. The first-order valence-corrected chi connectivity index (χ1v) is 7.56. The molecule has 0 unspecified atom stereocenters. The largest absolute Gasteiger partial charge is 0.494 e. The van der Waals surface area contributed by atoms with Crippen molar-refractivity contribution < 1.29 is 9.53 Å². The van der Waals surface area contributed by atoms with Crippen LogP contribution in [0.1, 0.15) is 29.8 Å². The smallest absolute Gasteiger partial charge is 0.159 e. The number of nitrogen functional groups attached to an aromatic ring is 1. The molecule has 0 saturated heterocycles. The number of anilines is 1. The number of carbonyl (C=O) groups is 1. The molecule has 1 aromatic heterocycles. The van der Waals surface area contributed by atoms with Gasteiger partial charge in [0.1, 0.15) is 10.8 Å². The average Bonchev–Trinajstić information content (AvgIpc) is 2.47. The van der Waals surface area contributed by atoms with Gasteiger partial charge in [0.05, 0.1) is 6.61 Å². The van der Waals surface area contributed by atoms with E-state index in [0.717, 1.165) is 11.3 Å². The molecule has 0 atom stereocenters. The van der Waals surface area contributed by atoms with E-state index in [1.807, 2.05) is 19.1 Å². The number of thioether (sulfide) groups is 1. The van der Waals surface area contributed by atoms with Gasteiger partial charge < -0.3 is 10.5 Å². The highest BCUT2D eigenvalue weighted by Crippen LogP contribution is 2.30. The molecule has 2 N–H and O–H groups in total. The fourth-order valence-corrected chi connectivity index (χ4v) is 2.65. The average molecular weight is 303 g/mol. The summed E-state index contributed by atoms with van der Waals surface area (Å²) in [6.07, 6.45) is 3.16. The van der Waals surface area contributed by atoms with Crippen LogP contribution < -0.4 is 10.5 Å². The number of rotatable bonds is 6. The van der Waals surface area contributed by atoms with Gasteiger partial charge in [0, 0.05) is 29.3 Å². The lowest BCUT2D eigenvalue weighted by Gasteiger charge is -2.11. The van der Waals surface area contributed by atoms with Crippen molar-refractivity contribution in [2.45, 2.75) is 24.6 Å². The molecule has 0 radical (unpaired) electrons. The van der Waals surface area contributed by atoms with Gasteiger partial charge >= 0.3 is 0 Å².